The van der Waals surface area contributed by atoms with Crippen LogP contribution in [-0.4, -0.2) is 13.1 Å². The molecule has 0 heterocycles. The van der Waals surface area contributed by atoms with Crippen LogP contribution in [0.2, 0.25) is 0 Å². The highest BCUT2D eigenvalue weighted by Crippen LogP contribution is 2.15. The molecular formula is C11H25N. The van der Waals surface area contributed by atoms with Gasteiger partial charge in [-0.1, -0.05) is 46.5 Å². The predicted octanol–water partition coefficient (Wildman–Crippen LogP) is 3.20. The average molecular weight is 171 g/mol. The van der Waals surface area contributed by atoms with Gasteiger partial charge >= 0.3 is 0 Å². The molecular weight excluding hydrogens is 146 g/mol. The summed E-state index contributed by atoms with van der Waals surface area (Å²) in [6.45, 7) is 9.08. The molecule has 1 atom stereocenters. The second-order valence-corrected chi connectivity index (χ2v) is 3.56. The van der Waals surface area contributed by atoms with Crippen molar-refractivity contribution < 1.29 is 0 Å². The Bertz CT molecular complexity index is 81.1. The van der Waals surface area contributed by atoms with Crippen LogP contribution in [0.5, 0.6) is 0 Å². The van der Waals surface area contributed by atoms with Gasteiger partial charge in [0.1, 0.15) is 0 Å². The van der Waals surface area contributed by atoms with Gasteiger partial charge in [-0.05, 0) is 25.4 Å². The molecule has 0 aromatic heterocycles. The van der Waals surface area contributed by atoms with E-state index in [0.717, 1.165) is 12.5 Å². The molecule has 0 aromatic carbocycles. The molecule has 0 bridgehead atoms. The van der Waals surface area contributed by atoms with Crippen LogP contribution in [0.3, 0.4) is 0 Å². The molecule has 74 valence electrons. The zero-order valence-electron chi connectivity index (χ0n) is 9.03. The normalized spacial score (nSPS) is 13.2. The van der Waals surface area contributed by atoms with Crippen LogP contribution in [0.25, 0.3) is 0 Å². The third kappa shape index (κ3) is 6.66. The van der Waals surface area contributed by atoms with Crippen molar-refractivity contribution in [3.05, 3.63) is 0 Å². The summed E-state index contributed by atoms with van der Waals surface area (Å²) >= 11 is 0. The Morgan fingerprint density at radius 3 is 2.33 bits per heavy atom. The highest BCUT2D eigenvalue weighted by atomic mass is 14.8. The molecule has 0 amide bonds. The number of hydrogen-bond donors (Lipinski definition) is 1. The first-order chi connectivity index (χ1) is 5.85. The average Bonchev–Trinajstić information content (AvgIpc) is 2.11. The molecule has 0 saturated carbocycles. The Kier molecular flexibility index (Phi) is 9.02. The lowest BCUT2D eigenvalue weighted by Crippen LogP contribution is -2.17. The number of unbranched alkanes of at least 4 members (excludes halogenated alkanes) is 1. The number of nitrogens with one attached hydrogen (secondary N) is 1. The lowest BCUT2D eigenvalue weighted by atomic mass is 9.96. The minimum Gasteiger partial charge on any atom is -0.317 e. The molecule has 0 spiro atoms. The van der Waals surface area contributed by atoms with E-state index in [-0.39, 0.29) is 0 Å². The van der Waals surface area contributed by atoms with Crippen molar-refractivity contribution in [1.29, 1.82) is 0 Å². The summed E-state index contributed by atoms with van der Waals surface area (Å²) in [6.07, 6.45) is 6.90. The maximum absolute atomic E-state index is 3.39. The maximum Gasteiger partial charge on any atom is -0.00464 e. The van der Waals surface area contributed by atoms with Crippen LogP contribution in [0.4, 0.5) is 0 Å². The van der Waals surface area contributed by atoms with Crippen LogP contribution < -0.4 is 5.32 Å². The first kappa shape index (κ1) is 12.0. The van der Waals surface area contributed by atoms with E-state index < -0.39 is 0 Å². The summed E-state index contributed by atoms with van der Waals surface area (Å²) in [5.74, 6) is 0.962. The standard InChI is InChI=1S/C11H25N/c1-4-7-8-11(5-2)9-10-12-6-3/h11-12H,4-10H2,1-3H3. The van der Waals surface area contributed by atoms with Crippen LogP contribution in [0.1, 0.15) is 52.9 Å². The lowest BCUT2D eigenvalue weighted by Gasteiger charge is -2.13. The smallest absolute Gasteiger partial charge is 0.00464 e. The van der Waals surface area contributed by atoms with Gasteiger partial charge in [-0.3, -0.25) is 0 Å². The third-order valence-corrected chi connectivity index (χ3v) is 2.52. The molecule has 0 radical (unpaired) electrons. The zero-order valence-corrected chi connectivity index (χ0v) is 9.03. The number of rotatable bonds is 8. The molecule has 0 aliphatic heterocycles. The summed E-state index contributed by atoms with van der Waals surface area (Å²) in [5, 5.41) is 3.39. The van der Waals surface area contributed by atoms with Crippen molar-refractivity contribution in [1.82, 2.24) is 5.32 Å². The summed E-state index contributed by atoms with van der Waals surface area (Å²) in [5.41, 5.74) is 0. The van der Waals surface area contributed by atoms with E-state index in [4.69, 9.17) is 0 Å². The first-order valence-electron chi connectivity index (χ1n) is 5.55. The van der Waals surface area contributed by atoms with Gasteiger partial charge in [0, 0.05) is 0 Å². The second-order valence-electron chi connectivity index (χ2n) is 3.56. The van der Waals surface area contributed by atoms with Gasteiger partial charge in [-0.25, -0.2) is 0 Å². The maximum atomic E-state index is 3.39. The Hall–Kier alpha value is -0.0400. The molecule has 12 heavy (non-hydrogen) atoms. The largest absolute Gasteiger partial charge is 0.317 e. The van der Waals surface area contributed by atoms with E-state index in [9.17, 15) is 0 Å². The van der Waals surface area contributed by atoms with Gasteiger partial charge in [0.15, 0.2) is 0 Å². The quantitative estimate of drug-likeness (QED) is 0.553. The van der Waals surface area contributed by atoms with Crippen LogP contribution in [0, 0.1) is 5.92 Å². The van der Waals surface area contributed by atoms with E-state index >= 15 is 0 Å². The molecule has 0 aliphatic rings. The molecule has 1 heteroatoms. The topological polar surface area (TPSA) is 12.0 Å². The summed E-state index contributed by atoms with van der Waals surface area (Å²) in [4.78, 5) is 0. The van der Waals surface area contributed by atoms with Crippen molar-refractivity contribution in [3.63, 3.8) is 0 Å². The van der Waals surface area contributed by atoms with Crippen LogP contribution >= 0.6 is 0 Å². The fourth-order valence-electron chi connectivity index (χ4n) is 1.53. The minimum atomic E-state index is 0.962. The van der Waals surface area contributed by atoms with E-state index in [1.54, 1.807) is 0 Å². The van der Waals surface area contributed by atoms with Gasteiger partial charge in [0.05, 0.1) is 0 Å². The highest BCUT2D eigenvalue weighted by Gasteiger charge is 2.03. The molecule has 1 unspecified atom stereocenters. The predicted molar refractivity (Wildman–Crippen MR) is 56.5 cm³/mol. The first-order valence-corrected chi connectivity index (χ1v) is 5.55. The molecule has 1 N–H and O–H groups in total. The van der Waals surface area contributed by atoms with Crippen molar-refractivity contribution >= 4 is 0 Å². The Labute approximate surface area is 77.9 Å². The molecule has 0 aromatic rings. The van der Waals surface area contributed by atoms with Crippen LogP contribution in [-0.2, 0) is 0 Å². The molecule has 1 nitrogen and oxygen atoms in total. The van der Waals surface area contributed by atoms with Gasteiger partial charge in [-0.15, -0.1) is 0 Å². The Morgan fingerprint density at radius 2 is 1.83 bits per heavy atom. The second kappa shape index (κ2) is 9.05. The lowest BCUT2D eigenvalue weighted by molar-refractivity contribution is 0.412. The van der Waals surface area contributed by atoms with Crippen molar-refractivity contribution in [2.75, 3.05) is 13.1 Å². The SMILES string of the molecule is CCCCC(CC)CCNCC. The fraction of sp³-hybridized carbons (Fsp3) is 1.00. The molecule has 0 saturated heterocycles. The van der Waals surface area contributed by atoms with E-state index in [2.05, 4.69) is 26.1 Å². The minimum absolute atomic E-state index is 0.962. The van der Waals surface area contributed by atoms with E-state index in [1.807, 2.05) is 0 Å². The monoisotopic (exact) mass is 171 g/mol. The van der Waals surface area contributed by atoms with Gasteiger partial charge in [-0.2, -0.15) is 0 Å². The van der Waals surface area contributed by atoms with Gasteiger partial charge < -0.3 is 5.32 Å². The van der Waals surface area contributed by atoms with Crippen molar-refractivity contribution in [2.24, 2.45) is 5.92 Å². The molecule has 0 rings (SSSR count). The number of hydrogen-bond acceptors (Lipinski definition) is 1. The summed E-state index contributed by atoms with van der Waals surface area (Å²) < 4.78 is 0. The van der Waals surface area contributed by atoms with E-state index in [1.165, 1.54) is 38.6 Å². The molecule has 0 fully saturated rings. The summed E-state index contributed by atoms with van der Waals surface area (Å²) in [6, 6.07) is 0. The Morgan fingerprint density at radius 1 is 1.08 bits per heavy atom. The summed E-state index contributed by atoms with van der Waals surface area (Å²) in [7, 11) is 0. The van der Waals surface area contributed by atoms with Gasteiger partial charge in [0.25, 0.3) is 0 Å². The Balaban J connectivity index is 3.26. The van der Waals surface area contributed by atoms with Gasteiger partial charge in [0.2, 0.25) is 0 Å². The zero-order chi connectivity index (χ0) is 9.23. The van der Waals surface area contributed by atoms with Crippen molar-refractivity contribution in [3.8, 4) is 0 Å². The van der Waals surface area contributed by atoms with Crippen LogP contribution in [0.15, 0.2) is 0 Å². The van der Waals surface area contributed by atoms with E-state index in [0.29, 0.717) is 0 Å². The van der Waals surface area contributed by atoms with Crippen molar-refractivity contribution in [2.45, 2.75) is 52.9 Å². The molecule has 0 aliphatic carbocycles. The third-order valence-electron chi connectivity index (χ3n) is 2.52. The fourth-order valence-corrected chi connectivity index (χ4v) is 1.53. The highest BCUT2D eigenvalue weighted by molar-refractivity contribution is 4.58.